The number of benzene rings is 2. The topological polar surface area (TPSA) is 24.7 Å². The van der Waals surface area contributed by atoms with Crippen molar-refractivity contribution < 1.29 is 10.9 Å². The number of hydrogen-bond donors (Lipinski definition) is 0. The van der Waals surface area contributed by atoms with E-state index < -0.39 is 24.2 Å². The maximum absolute atomic E-state index is 5.50. The predicted molar refractivity (Wildman–Crippen MR) is 168 cm³/mol. The first-order chi connectivity index (χ1) is 15.5. The zero-order valence-corrected chi connectivity index (χ0v) is 30.1. The molecule has 2 aromatic carbocycles. The Morgan fingerprint density at radius 1 is 0.588 bits per heavy atom. The van der Waals surface area contributed by atoms with Crippen LogP contribution in [0.25, 0.3) is 0 Å². The van der Waals surface area contributed by atoms with Crippen LogP contribution in [0.3, 0.4) is 0 Å². The molecule has 0 fully saturated rings. The van der Waals surface area contributed by atoms with E-state index in [1.54, 1.807) is 0 Å². The Kier molecular flexibility index (Phi) is 12.1. The first-order valence-electron chi connectivity index (χ1n) is 11.6. The first kappa shape index (κ1) is 31.9. The normalized spacial score (nSPS) is 13.6. The molecule has 8 heteroatoms. The molecule has 0 spiro atoms. The summed E-state index contributed by atoms with van der Waals surface area (Å²) in [6.07, 6.45) is 0. The number of aliphatic imine (C=N–C) groups is 2. The summed E-state index contributed by atoms with van der Waals surface area (Å²) < 4.78 is 0. The van der Waals surface area contributed by atoms with Gasteiger partial charge >= 0.3 is 39.3 Å². The van der Waals surface area contributed by atoms with Crippen molar-refractivity contribution >= 4 is 74.0 Å². The summed E-state index contributed by atoms with van der Waals surface area (Å²) in [4.78, 5) is 14.0. The van der Waals surface area contributed by atoms with Gasteiger partial charge in [-0.25, -0.2) is 0 Å². The fourth-order valence-corrected chi connectivity index (χ4v) is 22.8. The van der Waals surface area contributed by atoms with E-state index >= 15 is 0 Å². The summed E-state index contributed by atoms with van der Waals surface area (Å²) in [5.41, 5.74) is 7.40. The molecule has 0 atom stereocenters. The molecule has 0 aliphatic carbocycles. The van der Waals surface area contributed by atoms with Crippen molar-refractivity contribution in [3.8, 4) is 0 Å². The van der Waals surface area contributed by atoms with Crippen molar-refractivity contribution in [1.29, 1.82) is 0 Å². The van der Waals surface area contributed by atoms with Crippen molar-refractivity contribution in [1.82, 2.24) is 0 Å². The van der Waals surface area contributed by atoms with E-state index in [1.807, 2.05) is 0 Å². The van der Waals surface area contributed by atoms with Crippen molar-refractivity contribution in [3.63, 3.8) is 0 Å². The van der Waals surface area contributed by atoms with Crippen LogP contribution >= 0.6 is 28.5 Å². The van der Waals surface area contributed by atoms with Gasteiger partial charge in [-0.3, -0.25) is 9.98 Å². The first-order valence-corrected chi connectivity index (χ1v) is 26.5. The van der Waals surface area contributed by atoms with E-state index in [2.05, 4.69) is 145 Å². The van der Waals surface area contributed by atoms with Crippen molar-refractivity contribution in [2.24, 2.45) is 9.98 Å². The van der Waals surface area contributed by atoms with Gasteiger partial charge in [0.1, 0.15) is 8.07 Å². The molecular formula is C26H42Br2N2NiSi3. The molecule has 2 aromatic rings. The van der Waals surface area contributed by atoms with Gasteiger partial charge in [0, 0.05) is 0 Å². The van der Waals surface area contributed by atoms with E-state index in [4.69, 9.17) is 9.98 Å². The number of hydrogen-bond acceptors (Lipinski definition) is 2. The van der Waals surface area contributed by atoms with Crippen molar-refractivity contribution in [2.45, 2.75) is 80.1 Å². The Morgan fingerprint density at radius 2 is 0.824 bits per heavy atom. The van der Waals surface area contributed by atoms with Crippen LogP contribution < -0.4 is 0 Å². The number of aryl methyl sites for hydroxylation is 4. The van der Waals surface area contributed by atoms with E-state index in [-0.39, 0.29) is 0 Å². The zero-order chi connectivity index (χ0) is 26.5. The van der Waals surface area contributed by atoms with Crippen LogP contribution in [-0.4, -0.2) is 34.1 Å². The second-order valence-electron chi connectivity index (χ2n) is 11.6. The Hall–Kier alpha value is -0.116. The van der Waals surface area contributed by atoms with Gasteiger partial charge in [0.25, 0.3) is 0 Å². The van der Waals surface area contributed by atoms with Gasteiger partial charge in [-0.1, -0.05) is 88.8 Å². The van der Waals surface area contributed by atoms with Crippen molar-refractivity contribution in [2.75, 3.05) is 0 Å². The molecule has 34 heavy (non-hydrogen) atoms. The fourth-order valence-electron chi connectivity index (χ4n) is 4.79. The van der Waals surface area contributed by atoms with Crippen LogP contribution in [0.1, 0.15) is 22.3 Å². The molecule has 0 aliphatic heterocycles. The SMILES string of the molecule is Cc1cccc(C)c1N=C([Si](C)(C)C)[Si](C)(C)C(=Nc1c(C)cccc1C)[Si](C)(C)C.[Br][Ni][Br]. The van der Waals surface area contributed by atoms with Crippen LogP contribution in [0.4, 0.5) is 11.4 Å². The van der Waals surface area contributed by atoms with Gasteiger partial charge in [-0.2, -0.15) is 0 Å². The molecule has 0 aromatic heterocycles. The van der Waals surface area contributed by atoms with Gasteiger partial charge in [-0.15, -0.1) is 0 Å². The molecule has 0 radical (unpaired) electrons. The third-order valence-electron chi connectivity index (χ3n) is 5.93. The molecule has 0 heterocycles. The minimum atomic E-state index is -2.07. The Bertz CT molecular complexity index is 931. The van der Waals surface area contributed by atoms with Gasteiger partial charge in [0.2, 0.25) is 0 Å². The summed E-state index contributed by atoms with van der Waals surface area (Å²) in [6.45, 7) is 28.5. The van der Waals surface area contributed by atoms with Crippen LogP contribution in [-0.2, 0) is 10.9 Å². The average molecular weight is 685 g/mol. The molecule has 0 N–H and O–H groups in total. The Balaban J connectivity index is 0.00000182. The summed E-state index contributed by atoms with van der Waals surface area (Å²) in [6, 6.07) is 13.0. The molecule has 192 valence electrons. The molecule has 0 saturated heterocycles. The summed E-state index contributed by atoms with van der Waals surface area (Å²) in [5, 5.41) is 0. The van der Waals surface area contributed by atoms with Crippen LogP contribution in [0.15, 0.2) is 46.4 Å². The summed E-state index contributed by atoms with van der Waals surface area (Å²) >= 11 is 6.00. The third kappa shape index (κ3) is 8.48. The molecule has 0 saturated carbocycles. The summed E-state index contributed by atoms with van der Waals surface area (Å²) in [5.74, 6) is 0. The van der Waals surface area contributed by atoms with Gasteiger partial charge < -0.3 is 0 Å². The fraction of sp³-hybridized carbons (Fsp3) is 0.462. The molecule has 0 bridgehead atoms. The second-order valence-corrected chi connectivity index (χ2v) is 31.7. The predicted octanol–water partition coefficient (Wildman–Crippen LogP) is 10.00. The summed E-state index contributed by atoms with van der Waals surface area (Å²) in [7, 11) is -4.18. The number of nitrogens with zero attached hydrogens (tertiary/aromatic N) is 2. The van der Waals surface area contributed by atoms with E-state index in [0.29, 0.717) is 0 Å². The van der Waals surface area contributed by atoms with Gasteiger partial charge in [0.15, 0.2) is 0 Å². The Labute approximate surface area is 231 Å². The maximum atomic E-state index is 5.50. The van der Waals surface area contributed by atoms with Crippen molar-refractivity contribution in [3.05, 3.63) is 58.7 Å². The molecular weight excluding hydrogens is 643 g/mol. The van der Waals surface area contributed by atoms with Gasteiger partial charge in [-0.05, 0) is 59.9 Å². The molecule has 0 unspecified atom stereocenters. The minimum absolute atomic E-state index is 1.17. The molecule has 2 rings (SSSR count). The van der Waals surface area contributed by atoms with E-state index in [0.717, 1.165) is 0 Å². The zero-order valence-electron chi connectivity index (χ0n) is 22.9. The quantitative estimate of drug-likeness (QED) is 0.214. The number of para-hydroxylation sites is 2. The van der Waals surface area contributed by atoms with Crippen LogP contribution in [0, 0.1) is 27.7 Å². The monoisotopic (exact) mass is 682 g/mol. The standard InChI is InChI=1S/C26H42N2Si3.2BrH.Ni/c1-19-15-13-16-20(2)23(19)27-25(29(5,6)7)31(11,12)26(30(8,9)10)28-24-21(3)17-14-18-22(24)4;;;/h13-18H,1-12H3;2*1H;/q;;;+2/p-2. The Morgan fingerprint density at radius 3 is 1.03 bits per heavy atom. The van der Waals surface area contributed by atoms with Crippen LogP contribution in [0.5, 0.6) is 0 Å². The van der Waals surface area contributed by atoms with Crippen LogP contribution in [0.2, 0.25) is 52.4 Å². The molecule has 0 aliphatic rings. The molecule has 2 nitrogen and oxygen atoms in total. The van der Waals surface area contributed by atoms with Gasteiger partial charge in [0.05, 0.1) is 27.5 Å². The second kappa shape index (κ2) is 12.9. The number of rotatable bonds is 6. The van der Waals surface area contributed by atoms with E-state index in [9.17, 15) is 0 Å². The average Bonchev–Trinajstić information content (AvgIpc) is 2.65. The third-order valence-corrected chi connectivity index (χ3v) is 19.8. The number of halogens is 2. The van der Waals surface area contributed by atoms with E-state index in [1.165, 1.54) is 54.4 Å². The molecule has 0 amide bonds.